The molecular weight excluding hydrogens is 306 g/mol. The van der Waals surface area contributed by atoms with Crippen LogP contribution in [-0.4, -0.2) is 35.3 Å². The highest BCUT2D eigenvalue weighted by molar-refractivity contribution is 7.92. The van der Waals surface area contributed by atoms with Crippen LogP contribution >= 0.6 is 0 Å². The van der Waals surface area contributed by atoms with Gasteiger partial charge in [0.25, 0.3) is 5.91 Å². The summed E-state index contributed by atoms with van der Waals surface area (Å²) in [5.41, 5.74) is 0.842. The Kier molecular flexibility index (Phi) is 4.76. The van der Waals surface area contributed by atoms with Crippen molar-refractivity contribution in [1.29, 1.82) is 0 Å². The van der Waals surface area contributed by atoms with Crippen LogP contribution in [0.3, 0.4) is 0 Å². The molecule has 0 radical (unpaired) electrons. The fourth-order valence-electron chi connectivity index (χ4n) is 1.67. The third-order valence-electron chi connectivity index (χ3n) is 2.85. The number of nitrogens with zero attached hydrogens (tertiary/aromatic N) is 2. The first-order chi connectivity index (χ1) is 10.4. The van der Waals surface area contributed by atoms with Gasteiger partial charge in [0, 0.05) is 11.3 Å². The average Bonchev–Trinajstić information content (AvgIpc) is 2.91. The maximum absolute atomic E-state index is 12.0. The van der Waals surface area contributed by atoms with Gasteiger partial charge in [0.1, 0.15) is 5.82 Å². The summed E-state index contributed by atoms with van der Waals surface area (Å²) >= 11 is 0. The molecule has 0 aliphatic heterocycles. The predicted molar refractivity (Wildman–Crippen MR) is 81.8 cm³/mol. The largest absolute Gasteiger partial charge is 0.345 e. The smallest absolute Gasteiger partial charge is 0.251 e. The fourth-order valence-corrected chi connectivity index (χ4v) is 2.31. The SMILES string of the molecule is CCS(=O)(=O)Nc1ccc(C(=O)NCc2n[nH]c(C)n2)cc1. The molecular formula is C13H17N5O3S. The van der Waals surface area contributed by atoms with Gasteiger partial charge in [-0.1, -0.05) is 0 Å². The normalized spacial score (nSPS) is 11.2. The summed E-state index contributed by atoms with van der Waals surface area (Å²) in [5.74, 6) is 0.882. The van der Waals surface area contributed by atoms with Crippen LogP contribution in [0.1, 0.15) is 28.9 Å². The Labute approximate surface area is 128 Å². The van der Waals surface area contributed by atoms with E-state index in [1.807, 2.05) is 0 Å². The van der Waals surface area contributed by atoms with Crippen molar-refractivity contribution >= 4 is 21.6 Å². The van der Waals surface area contributed by atoms with Gasteiger partial charge < -0.3 is 5.32 Å². The van der Waals surface area contributed by atoms with Gasteiger partial charge >= 0.3 is 0 Å². The molecule has 0 aliphatic carbocycles. The molecule has 3 N–H and O–H groups in total. The number of carbonyl (C=O) groups excluding carboxylic acids is 1. The molecule has 0 atom stereocenters. The summed E-state index contributed by atoms with van der Waals surface area (Å²) in [6.07, 6.45) is 0. The minimum Gasteiger partial charge on any atom is -0.345 e. The van der Waals surface area contributed by atoms with E-state index in [0.29, 0.717) is 22.9 Å². The van der Waals surface area contributed by atoms with Crippen LogP contribution in [0.15, 0.2) is 24.3 Å². The van der Waals surface area contributed by atoms with Crippen molar-refractivity contribution in [2.24, 2.45) is 0 Å². The summed E-state index contributed by atoms with van der Waals surface area (Å²) in [5, 5.41) is 9.29. The van der Waals surface area contributed by atoms with Gasteiger partial charge in [0.05, 0.1) is 12.3 Å². The van der Waals surface area contributed by atoms with Crippen molar-refractivity contribution in [1.82, 2.24) is 20.5 Å². The second-order valence-corrected chi connectivity index (χ2v) is 6.61. The van der Waals surface area contributed by atoms with Crippen LogP contribution in [0.4, 0.5) is 5.69 Å². The molecule has 118 valence electrons. The number of sulfonamides is 1. The minimum absolute atomic E-state index is 0.00861. The monoisotopic (exact) mass is 323 g/mol. The number of aryl methyl sites for hydroxylation is 1. The van der Waals surface area contributed by atoms with Gasteiger partial charge in [0.15, 0.2) is 5.82 Å². The Morgan fingerprint density at radius 1 is 1.27 bits per heavy atom. The Morgan fingerprint density at radius 3 is 2.50 bits per heavy atom. The molecule has 0 unspecified atom stereocenters. The standard InChI is InChI=1S/C13H17N5O3S/c1-3-22(20,21)18-11-6-4-10(5-7-11)13(19)14-8-12-15-9(2)16-17-12/h4-7,18H,3,8H2,1-2H3,(H,14,19)(H,15,16,17). The molecule has 1 amide bonds. The van der Waals surface area contributed by atoms with Gasteiger partial charge in [-0.3, -0.25) is 14.6 Å². The van der Waals surface area contributed by atoms with E-state index in [9.17, 15) is 13.2 Å². The first-order valence-electron chi connectivity index (χ1n) is 6.66. The predicted octanol–water partition coefficient (Wildman–Crippen LogP) is 0.805. The highest BCUT2D eigenvalue weighted by Gasteiger charge is 2.09. The molecule has 0 spiro atoms. The Balaban J connectivity index is 1.96. The average molecular weight is 323 g/mol. The first-order valence-corrected chi connectivity index (χ1v) is 8.31. The number of nitrogens with one attached hydrogen (secondary N) is 3. The summed E-state index contributed by atoms with van der Waals surface area (Å²) in [7, 11) is -3.32. The van der Waals surface area contributed by atoms with Crippen molar-refractivity contribution in [2.75, 3.05) is 10.5 Å². The Bertz CT molecular complexity index is 752. The van der Waals surface area contributed by atoms with Crippen molar-refractivity contribution in [3.8, 4) is 0 Å². The lowest BCUT2D eigenvalue weighted by atomic mass is 10.2. The maximum Gasteiger partial charge on any atom is 0.251 e. The zero-order valence-electron chi connectivity index (χ0n) is 12.3. The summed E-state index contributed by atoms with van der Waals surface area (Å²) < 4.78 is 25.3. The van der Waals surface area contributed by atoms with Crippen molar-refractivity contribution < 1.29 is 13.2 Å². The number of benzene rings is 1. The lowest BCUT2D eigenvalue weighted by molar-refractivity contribution is 0.0950. The van der Waals surface area contributed by atoms with Gasteiger partial charge in [-0.25, -0.2) is 13.4 Å². The molecule has 1 heterocycles. The van der Waals surface area contributed by atoms with Gasteiger partial charge in [0.2, 0.25) is 10.0 Å². The Hall–Kier alpha value is -2.42. The topological polar surface area (TPSA) is 117 Å². The summed E-state index contributed by atoms with van der Waals surface area (Å²) in [4.78, 5) is 16.0. The fraction of sp³-hybridized carbons (Fsp3) is 0.308. The van der Waals surface area contributed by atoms with Gasteiger partial charge in [-0.2, -0.15) is 5.10 Å². The molecule has 8 nitrogen and oxygen atoms in total. The number of H-pyrrole nitrogens is 1. The van der Waals surface area contributed by atoms with E-state index in [0.717, 1.165) is 0 Å². The highest BCUT2D eigenvalue weighted by atomic mass is 32.2. The molecule has 2 aromatic rings. The number of hydrogen-bond donors (Lipinski definition) is 3. The molecule has 9 heteroatoms. The number of aromatic nitrogens is 3. The van der Waals surface area contributed by atoms with E-state index >= 15 is 0 Å². The van der Waals surface area contributed by atoms with E-state index in [2.05, 4.69) is 25.2 Å². The molecule has 22 heavy (non-hydrogen) atoms. The molecule has 0 saturated carbocycles. The molecule has 0 saturated heterocycles. The minimum atomic E-state index is -3.32. The van der Waals surface area contributed by atoms with Gasteiger partial charge in [-0.05, 0) is 38.1 Å². The van der Waals surface area contributed by atoms with Crippen LogP contribution in [0.25, 0.3) is 0 Å². The second kappa shape index (κ2) is 6.56. The van der Waals surface area contributed by atoms with Gasteiger partial charge in [-0.15, -0.1) is 0 Å². The van der Waals surface area contributed by atoms with Crippen LogP contribution < -0.4 is 10.0 Å². The number of hydrogen-bond acceptors (Lipinski definition) is 5. The lowest BCUT2D eigenvalue weighted by Gasteiger charge is -2.07. The first kappa shape index (κ1) is 16.0. The van der Waals surface area contributed by atoms with E-state index in [1.54, 1.807) is 38.1 Å². The van der Waals surface area contributed by atoms with Crippen LogP contribution in [0, 0.1) is 6.92 Å². The van der Waals surface area contributed by atoms with Crippen molar-refractivity contribution in [3.63, 3.8) is 0 Å². The number of rotatable bonds is 6. The summed E-state index contributed by atoms with van der Waals surface area (Å²) in [6.45, 7) is 3.54. The van der Waals surface area contributed by atoms with E-state index < -0.39 is 10.0 Å². The Morgan fingerprint density at radius 2 is 1.95 bits per heavy atom. The summed E-state index contributed by atoms with van der Waals surface area (Å²) in [6, 6.07) is 6.18. The van der Waals surface area contributed by atoms with Crippen LogP contribution in [0.2, 0.25) is 0 Å². The van der Waals surface area contributed by atoms with Crippen molar-refractivity contribution in [2.45, 2.75) is 20.4 Å². The van der Waals surface area contributed by atoms with Crippen LogP contribution in [0.5, 0.6) is 0 Å². The second-order valence-electron chi connectivity index (χ2n) is 4.60. The van der Waals surface area contributed by atoms with E-state index in [1.165, 1.54) is 0 Å². The van der Waals surface area contributed by atoms with E-state index in [-0.39, 0.29) is 18.2 Å². The zero-order chi connectivity index (χ0) is 16.2. The quantitative estimate of drug-likeness (QED) is 0.727. The number of aromatic amines is 1. The highest BCUT2D eigenvalue weighted by Crippen LogP contribution is 2.11. The molecule has 1 aromatic heterocycles. The molecule has 0 aliphatic rings. The number of carbonyl (C=O) groups is 1. The molecule has 2 rings (SSSR count). The third-order valence-corrected chi connectivity index (χ3v) is 4.16. The number of amides is 1. The molecule has 0 fully saturated rings. The van der Waals surface area contributed by atoms with E-state index in [4.69, 9.17) is 0 Å². The number of anilines is 1. The molecule has 1 aromatic carbocycles. The van der Waals surface area contributed by atoms with Crippen molar-refractivity contribution in [3.05, 3.63) is 41.5 Å². The van der Waals surface area contributed by atoms with Crippen LogP contribution in [-0.2, 0) is 16.6 Å². The zero-order valence-corrected chi connectivity index (χ0v) is 13.1. The maximum atomic E-state index is 12.0. The third kappa shape index (κ3) is 4.29. The molecule has 0 bridgehead atoms. The lowest BCUT2D eigenvalue weighted by Crippen LogP contribution is -2.23.